The number of ether oxygens (including phenoxy) is 2. The molecule has 0 radical (unpaired) electrons. The first-order chi connectivity index (χ1) is 12.1. The minimum absolute atomic E-state index is 0.131. The molecule has 0 fully saturated rings. The number of hydrogen-bond acceptors (Lipinski definition) is 6. The summed E-state index contributed by atoms with van der Waals surface area (Å²) in [5.74, 6) is 0.602. The molecule has 3 aromatic rings. The third-order valence-electron chi connectivity index (χ3n) is 3.59. The van der Waals surface area contributed by atoms with Crippen molar-refractivity contribution in [2.75, 3.05) is 7.11 Å². The first-order valence-corrected chi connectivity index (χ1v) is 8.41. The Labute approximate surface area is 148 Å². The van der Waals surface area contributed by atoms with Crippen molar-refractivity contribution in [3.8, 4) is 22.1 Å². The fourth-order valence-corrected chi connectivity index (χ4v) is 3.05. The molecule has 0 amide bonds. The molecule has 0 atom stereocenters. The minimum Gasteiger partial charge on any atom is -0.496 e. The lowest BCUT2D eigenvalue weighted by molar-refractivity contribution is -0.386. The van der Waals surface area contributed by atoms with Crippen LogP contribution in [0.25, 0.3) is 10.6 Å². The number of aryl methyl sites for hydroxylation is 1. The molecule has 0 aliphatic rings. The third kappa shape index (κ3) is 3.95. The highest BCUT2D eigenvalue weighted by molar-refractivity contribution is 7.13. The largest absolute Gasteiger partial charge is 0.496 e. The maximum absolute atomic E-state index is 11.2. The Morgan fingerprint density at radius 3 is 2.64 bits per heavy atom. The van der Waals surface area contributed by atoms with Crippen LogP contribution in [-0.2, 0) is 6.61 Å². The van der Waals surface area contributed by atoms with E-state index in [1.807, 2.05) is 36.6 Å². The molecule has 6 nitrogen and oxygen atoms in total. The van der Waals surface area contributed by atoms with Crippen LogP contribution in [0.5, 0.6) is 11.5 Å². The summed E-state index contributed by atoms with van der Waals surface area (Å²) in [6, 6.07) is 12.6. The Balaban J connectivity index is 1.74. The second-order valence-electron chi connectivity index (χ2n) is 5.39. The molecule has 0 saturated heterocycles. The quantitative estimate of drug-likeness (QED) is 0.476. The van der Waals surface area contributed by atoms with E-state index in [4.69, 9.17) is 9.47 Å². The summed E-state index contributed by atoms with van der Waals surface area (Å²) in [4.78, 5) is 15.2. The van der Waals surface area contributed by atoms with Crippen molar-refractivity contribution < 1.29 is 14.4 Å². The van der Waals surface area contributed by atoms with E-state index in [-0.39, 0.29) is 18.0 Å². The van der Waals surface area contributed by atoms with E-state index < -0.39 is 4.92 Å². The average Bonchev–Trinajstić information content (AvgIpc) is 3.09. The van der Waals surface area contributed by atoms with E-state index in [1.165, 1.54) is 36.1 Å². The van der Waals surface area contributed by atoms with Gasteiger partial charge in [0.05, 0.1) is 23.8 Å². The van der Waals surface area contributed by atoms with Gasteiger partial charge in [0.2, 0.25) is 0 Å². The summed E-state index contributed by atoms with van der Waals surface area (Å²) < 4.78 is 10.6. The highest BCUT2D eigenvalue weighted by Gasteiger charge is 2.17. The van der Waals surface area contributed by atoms with Crippen molar-refractivity contribution in [3.05, 3.63) is 69.2 Å². The smallest absolute Gasteiger partial charge is 0.314 e. The van der Waals surface area contributed by atoms with Gasteiger partial charge in [-0.3, -0.25) is 10.1 Å². The van der Waals surface area contributed by atoms with Crippen LogP contribution in [0.2, 0.25) is 0 Å². The predicted octanol–water partition coefficient (Wildman–Crippen LogP) is 4.61. The van der Waals surface area contributed by atoms with Crippen molar-refractivity contribution in [2.45, 2.75) is 13.5 Å². The van der Waals surface area contributed by atoms with E-state index >= 15 is 0 Å². The van der Waals surface area contributed by atoms with E-state index in [2.05, 4.69) is 4.98 Å². The Morgan fingerprint density at radius 2 is 1.96 bits per heavy atom. The Bertz CT molecular complexity index is 890. The second kappa shape index (κ2) is 7.31. The van der Waals surface area contributed by atoms with Crippen LogP contribution in [-0.4, -0.2) is 17.0 Å². The highest BCUT2D eigenvalue weighted by Crippen LogP contribution is 2.32. The van der Waals surface area contributed by atoms with Gasteiger partial charge in [-0.05, 0) is 19.1 Å². The van der Waals surface area contributed by atoms with Crippen LogP contribution in [0.15, 0.2) is 47.8 Å². The van der Waals surface area contributed by atoms with Gasteiger partial charge in [-0.15, -0.1) is 11.3 Å². The van der Waals surface area contributed by atoms with Gasteiger partial charge in [0.25, 0.3) is 0 Å². The maximum Gasteiger partial charge on any atom is 0.314 e. The molecule has 0 unspecified atom stereocenters. The lowest BCUT2D eigenvalue weighted by atomic mass is 10.2. The number of rotatable bonds is 6. The van der Waals surface area contributed by atoms with Gasteiger partial charge in [-0.1, -0.05) is 29.8 Å². The summed E-state index contributed by atoms with van der Waals surface area (Å²) in [5.41, 5.74) is 2.83. The van der Waals surface area contributed by atoms with Crippen molar-refractivity contribution in [3.63, 3.8) is 0 Å². The molecule has 1 heterocycles. The molecule has 0 aliphatic carbocycles. The zero-order chi connectivity index (χ0) is 17.8. The van der Waals surface area contributed by atoms with Crippen molar-refractivity contribution >= 4 is 17.0 Å². The van der Waals surface area contributed by atoms with Crippen molar-refractivity contribution in [1.29, 1.82) is 0 Å². The molecule has 7 heteroatoms. The van der Waals surface area contributed by atoms with Crippen LogP contribution in [0, 0.1) is 17.0 Å². The molecule has 2 aromatic carbocycles. The SMILES string of the molecule is COc1ccc(OCc2csc(-c3ccc(C)cc3)n2)c([N+](=O)[O-])c1. The Morgan fingerprint density at radius 1 is 1.20 bits per heavy atom. The van der Waals surface area contributed by atoms with Gasteiger partial charge >= 0.3 is 5.69 Å². The van der Waals surface area contributed by atoms with Crippen LogP contribution >= 0.6 is 11.3 Å². The lowest BCUT2D eigenvalue weighted by Gasteiger charge is -2.06. The Hall–Kier alpha value is -2.93. The van der Waals surface area contributed by atoms with Crippen molar-refractivity contribution in [2.24, 2.45) is 0 Å². The summed E-state index contributed by atoms with van der Waals surface area (Å²) in [7, 11) is 1.46. The molecule has 0 N–H and O–H groups in total. The van der Waals surface area contributed by atoms with Crippen LogP contribution in [0.3, 0.4) is 0 Å². The number of thiazole rings is 1. The number of methoxy groups -OCH3 is 1. The zero-order valence-electron chi connectivity index (χ0n) is 13.8. The van der Waals surface area contributed by atoms with Crippen LogP contribution in [0.4, 0.5) is 5.69 Å². The summed E-state index contributed by atoms with van der Waals surface area (Å²) in [5, 5.41) is 14.0. The normalized spacial score (nSPS) is 10.5. The number of nitrogens with zero attached hydrogens (tertiary/aromatic N) is 2. The summed E-state index contributed by atoms with van der Waals surface area (Å²) >= 11 is 1.52. The lowest BCUT2D eigenvalue weighted by Crippen LogP contribution is -2.00. The molecule has 0 aliphatic heterocycles. The number of benzene rings is 2. The van der Waals surface area contributed by atoms with Gasteiger partial charge in [-0.2, -0.15) is 0 Å². The zero-order valence-corrected chi connectivity index (χ0v) is 14.6. The van der Waals surface area contributed by atoms with Crippen LogP contribution < -0.4 is 9.47 Å². The number of nitro benzene ring substituents is 1. The molecular formula is C18H16N2O4S. The number of nitro groups is 1. The third-order valence-corrected chi connectivity index (χ3v) is 4.53. The number of aromatic nitrogens is 1. The van der Waals surface area contributed by atoms with E-state index in [9.17, 15) is 10.1 Å². The molecule has 25 heavy (non-hydrogen) atoms. The molecule has 0 bridgehead atoms. The van der Waals surface area contributed by atoms with E-state index in [0.717, 1.165) is 16.3 Å². The fourth-order valence-electron chi connectivity index (χ4n) is 2.24. The Kier molecular flexibility index (Phi) is 4.95. The maximum atomic E-state index is 11.2. The molecular weight excluding hydrogens is 340 g/mol. The average molecular weight is 356 g/mol. The summed E-state index contributed by atoms with van der Waals surface area (Å²) in [6.07, 6.45) is 0. The topological polar surface area (TPSA) is 74.5 Å². The van der Waals surface area contributed by atoms with E-state index in [0.29, 0.717) is 5.75 Å². The fraction of sp³-hybridized carbons (Fsp3) is 0.167. The molecule has 1 aromatic heterocycles. The van der Waals surface area contributed by atoms with Gasteiger partial charge in [0.15, 0.2) is 5.75 Å². The summed E-state index contributed by atoms with van der Waals surface area (Å²) in [6.45, 7) is 2.20. The molecule has 3 rings (SSSR count). The highest BCUT2D eigenvalue weighted by atomic mass is 32.1. The first-order valence-electron chi connectivity index (χ1n) is 7.53. The van der Waals surface area contributed by atoms with E-state index in [1.54, 1.807) is 6.07 Å². The van der Waals surface area contributed by atoms with Gasteiger partial charge < -0.3 is 9.47 Å². The van der Waals surface area contributed by atoms with Crippen LogP contribution in [0.1, 0.15) is 11.3 Å². The predicted molar refractivity (Wildman–Crippen MR) is 96.3 cm³/mol. The van der Waals surface area contributed by atoms with Gasteiger partial charge in [0.1, 0.15) is 17.4 Å². The number of hydrogen-bond donors (Lipinski definition) is 0. The van der Waals surface area contributed by atoms with Gasteiger partial charge in [0, 0.05) is 10.9 Å². The molecule has 0 saturated carbocycles. The first kappa shape index (κ1) is 16.9. The molecule has 0 spiro atoms. The second-order valence-corrected chi connectivity index (χ2v) is 6.25. The van der Waals surface area contributed by atoms with Gasteiger partial charge in [-0.25, -0.2) is 4.98 Å². The minimum atomic E-state index is -0.489. The molecule has 128 valence electrons. The van der Waals surface area contributed by atoms with Crippen molar-refractivity contribution in [1.82, 2.24) is 4.98 Å². The monoisotopic (exact) mass is 356 g/mol. The standard InChI is InChI=1S/C18H16N2O4S/c1-12-3-5-13(6-4-12)18-19-14(11-25-18)10-24-17-8-7-15(23-2)9-16(17)20(21)22/h3-9,11H,10H2,1-2H3.